The standard InChI is InChI=1S/C17H15ClN2O2S/c1-22-15-9-2-12(3-10-15)4-11-16(21)20-17(23)19-14-7-5-13(18)6-8-14/h2-11H,1H3,(H2,19,20,21,23)/b11-4+. The fourth-order valence-corrected chi connectivity index (χ4v) is 2.08. The molecule has 0 atom stereocenters. The average Bonchev–Trinajstić information content (AvgIpc) is 2.55. The van der Waals surface area contributed by atoms with Gasteiger partial charge in [0.15, 0.2) is 5.11 Å². The minimum Gasteiger partial charge on any atom is -0.497 e. The number of hydrogen-bond acceptors (Lipinski definition) is 3. The highest BCUT2D eigenvalue weighted by molar-refractivity contribution is 7.80. The summed E-state index contributed by atoms with van der Waals surface area (Å²) in [6.45, 7) is 0. The van der Waals surface area contributed by atoms with E-state index in [1.807, 2.05) is 24.3 Å². The summed E-state index contributed by atoms with van der Waals surface area (Å²) in [5.74, 6) is 0.451. The monoisotopic (exact) mass is 346 g/mol. The third-order valence-electron chi connectivity index (χ3n) is 2.88. The molecule has 0 fully saturated rings. The number of ether oxygens (including phenoxy) is 1. The molecule has 0 aliphatic carbocycles. The second-order valence-corrected chi connectivity index (χ2v) is 5.40. The van der Waals surface area contributed by atoms with Gasteiger partial charge in [0.1, 0.15) is 5.75 Å². The van der Waals surface area contributed by atoms with Crippen molar-refractivity contribution in [3.05, 3.63) is 65.2 Å². The molecule has 6 heteroatoms. The zero-order chi connectivity index (χ0) is 16.7. The minimum absolute atomic E-state index is 0.219. The third kappa shape index (κ3) is 5.73. The van der Waals surface area contributed by atoms with E-state index >= 15 is 0 Å². The second kappa shape index (κ2) is 8.31. The number of carbonyl (C=O) groups excluding carboxylic acids is 1. The Morgan fingerprint density at radius 3 is 2.39 bits per heavy atom. The van der Waals surface area contributed by atoms with Gasteiger partial charge in [0.2, 0.25) is 5.91 Å². The van der Waals surface area contributed by atoms with Crippen LogP contribution in [-0.4, -0.2) is 18.1 Å². The van der Waals surface area contributed by atoms with E-state index in [2.05, 4.69) is 10.6 Å². The lowest BCUT2D eigenvalue weighted by molar-refractivity contribution is -0.115. The molecule has 0 bridgehead atoms. The van der Waals surface area contributed by atoms with E-state index in [-0.39, 0.29) is 11.0 Å². The largest absolute Gasteiger partial charge is 0.497 e. The van der Waals surface area contributed by atoms with E-state index in [1.54, 1.807) is 37.5 Å². The maximum Gasteiger partial charge on any atom is 0.250 e. The van der Waals surface area contributed by atoms with Crippen LogP contribution in [0.3, 0.4) is 0 Å². The molecule has 0 saturated heterocycles. The number of rotatable bonds is 4. The molecule has 2 rings (SSSR count). The van der Waals surface area contributed by atoms with Crippen molar-refractivity contribution in [2.24, 2.45) is 0 Å². The molecule has 23 heavy (non-hydrogen) atoms. The quantitative estimate of drug-likeness (QED) is 0.651. The van der Waals surface area contributed by atoms with E-state index in [9.17, 15) is 4.79 Å². The van der Waals surface area contributed by atoms with Gasteiger partial charge in [0.05, 0.1) is 7.11 Å². The minimum atomic E-state index is -0.313. The predicted molar refractivity (Wildman–Crippen MR) is 97.8 cm³/mol. The highest BCUT2D eigenvalue weighted by Gasteiger charge is 2.01. The van der Waals surface area contributed by atoms with E-state index < -0.39 is 0 Å². The molecule has 2 N–H and O–H groups in total. The molecule has 0 aliphatic rings. The zero-order valence-corrected chi connectivity index (χ0v) is 13.9. The maximum atomic E-state index is 11.8. The van der Waals surface area contributed by atoms with Gasteiger partial charge in [-0.15, -0.1) is 0 Å². The zero-order valence-electron chi connectivity index (χ0n) is 12.4. The van der Waals surface area contributed by atoms with Gasteiger partial charge in [-0.25, -0.2) is 0 Å². The summed E-state index contributed by atoms with van der Waals surface area (Å²) in [5, 5.41) is 6.33. The number of amides is 1. The number of hydrogen-bond donors (Lipinski definition) is 2. The molecule has 0 aliphatic heterocycles. The molecule has 0 unspecified atom stereocenters. The number of thiocarbonyl (C=S) groups is 1. The van der Waals surface area contributed by atoms with E-state index in [0.29, 0.717) is 5.02 Å². The van der Waals surface area contributed by atoms with Crippen molar-refractivity contribution in [1.82, 2.24) is 5.32 Å². The van der Waals surface area contributed by atoms with E-state index in [4.69, 9.17) is 28.6 Å². The Morgan fingerprint density at radius 1 is 1.13 bits per heavy atom. The van der Waals surface area contributed by atoms with Gasteiger partial charge in [-0.05, 0) is 60.3 Å². The fourth-order valence-electron chi connectivity index (χ4n) is 1.74. The van der Waals surface area contributed by atoms with E-state index in [0.717, 1.165) is 17.0 Å². The van der Waals surface area contributed by atoms with Crippen molar-refractivity contribution in [1.29, 1.82) is 0 Å². The van der Waals surface area contributed by atoms with Crippen LogP contribution in [0.2, 0.25) is 5.02 Å². The summed E-state index contributed by atoms with van der Waals surface area (Å²) in [7, 11) is 1.60. The van der Waals surface area contributed by atoms with Crippen LogP contribution in [0.25, 0.3) is 6.08 Å². The van der Waals surface area contributed by atoms with Gasteiger partial charge in [-0.3, -0.25) is 10.1 Å². The first kappa shape index (κ1) is 17.0. The van der Waals surface area contributed by atoms with Gasteiger partial charge in [-0.1, -0.05) is 23.7 Å². The van der Waals surface area contributed by atoms with Crippen LogP contribution in [0, 0.1) is 0 Å². The van der Waals surface area contributed by atoms with Crippen LogP contribution in [0.1, 0.15) is 5.56 Å². The van der Waals surface area contributed by atoms with Crippen LogP contribution in [0.4, 0.5) is 5.69 Å². The summed E-state index contributed by atoms with van der Waals surface area (Å²) in [6, 6.07) is 14.4. The Morgan fingerprint density at radius 2 is 1.78 bits per heavy atom. The third-order valence-corrected chi connectivity index (χ3v) is 3.34. The Kier molecular flexibility index (Phi) is 6.14. The number of benzene rings is 2. The molecule has 118 valence electrons. The number of methoxy groups -OCH3 is 1. The van der Waals surface area contributed by atoms with Crippen molar-refractivity contribution in [3.8, 4) is 5.75 Å². The van der Waals surface area contributed by atoms with Crippen LogP contribution >= 0.6 is 23.8 Å². The number of carbonyl (C=O) groups is 1. The number of anilines is 1. The Hall–Kier alpha value is -2.37. The lowest BCUT2D eigenvalue weighted by Gasteiger charge is -2.07. The fraction of sp³-hybridized carbons (Fsp3) is 0.0588. The Balaban J connectivity index is 1.86. The summed E-state index contributed by atoms with van der Waals surface area (Å²) in [5.41, 5.74) is 1.64. The normalized spacial score (nSPS) is 10.3. The van der Waals surface area contributed by atoms with Crippen LogP contribution in [0.5, 0.6) is 5.75 Å². The maximum absolute atomic E-state index is 11.8. The van der Waals surface area contributed by atoms with Crippen molar-refractivity contribution in [2.75, 3.05) is 12.4 Å². The SMILES string of the molecule is COc1ccc(/C=C/C(=O)NC(=S)Nc2ccc(Cl)cc2)cc1. The molecule has 2 aromatic carbocycles. The predicted octanol–water partition coefficient (Wildman–Crippen LogP) is 3.88. The molecular weight excluding hydrogens is 332 g/mol. The lowest BCUT2D eigenvalue weighted by atomic mass is 10.2. The molecule has 0 aromatic heterocycles. The number of halogens is 1. The lowest BCUT2D eigenvalue weighted by Crippen LogP contribution is -2.32. The van der Waals surface area contributed by atoms with Gasteiger partial charge >= 0.3 is 0 Å². The first-order valence-electron chi connectivity index (χ1n) is 6.76. The first-order chi connectivity index (χ1) is 11.1. The molecule has 4 nitrogen and oxygen atoms in total. The van der Waals surface area contributed by atoms with Crippen molar-refractivity contribution >= 4 is 46.6 Å². The molecule has 0 spiro atoms. The Bertz CT molecular complexity index is 712. The first-order valence-corrected chi connectivity index (χ1v) is 7.55. The number of nitrogens with one attached hydrogen (secondary N) is 2. The Labute approximate surface area is 145 Å². The molecule has 0 heterocycles. The summed E-state index contributed by atoms with van der Waals surface area (Å²) < 4.78 is 5.07. The van der Waals surface area contributed by atoms with Gasteiger partial charge in [0.25, 0.3) is 0 Å². The molecule has 0 radical (unpaired) electrons. The summed E-state index contributed by atoms with van der Waals surface area (Å²) in [4.78, 5) is 11.8. The van der Waals surface area contributed by atoms with Gasteiger partial charge < -0.3 is 10.1 Å². The second-order valence-electron chi connectivity index (χ2n) is 4.56. The highest BCUT2D eigenvalue weighted by atomic mass is 35.5. The smallest absolute Gasteiger partial charge is 0.250 e. The van der Waals surface area contributed by atoms with Crippen molar-refractivity contribution < 1.29 is 9.53 Å². The topological polar surface area (TPSA) is 50.4 Å². The van der Waals surface area contributed by atoms with Crippen molar-refractivity contribution in [3.63, 3.8) is 0 Å². The molecule has 2 aromatic rings. The summed E-state index contributed by atoms with van der Waals surface area (Å²) >= 11 is 10.9. The molecule has 0 saturated carbocycles. The van der Waals surface area contributed by atoms with Gasteiger partial charge in [0, 0.05) is 16.8 Å². The van der Waals surface area contributed by atoms with Gasteiger partial charge in [-0.2, -0.15) is 0 Å². The van der Waals surface area contributed by atoms with E-state index in [1.165, 1.54) is 6.08 Å². The molecule has 1 amide bonds. The van der Waals surface area contributed by atoms with Crippen molar-refractivity contribution in [2.45, 2.75) is 0 Å². The average molecular weight is 347 g/mol. The van der Waals surface area contributed by atoms with Crippen LogP contribution in [-0.2, 0) is 4.79 Å². The highest BCUT2D eigenvalue weighted by Crippen LogP contribution is 2.13. The van der Waals surface area contributed by atoms with Crippen LogP contribution < -0.4 is 15.4 Å². The van der Waals surface area contributed by atoms with Crippen LogP contribution in [0.15, 0.2) is 54.6 Å². The molecular formula is C17H15ClN2O2S. The summed E-state index contributed by atoms with van der Waals surface area (Å²) in [6.07, 6.45) is 3.11.